The largest absolute Gasteiger partial charge is 0.495 e. The van der Waals surface area contributed by atoms with Gasteiger partial charge >= 0.3 is 12.1 Å². The second-order valence-electron chi connectivity index (χ2n) is 12.8. The summed E-state index contributed by atoms with van der Waals surface area (Å²) >= 11 is 0. The summed E-state index contributed by atoms with van der Waals surface area (Å²) in [5.74, 6) is -2.36. The van der Waals surface area contributed by atoms with Gasteiger partial charge in [0, 0.05) is 29.8 Å². The molecule has 2 atom stereocenters. The lowest BCUT2D eigenvalue weighted by Crippen LogP contribution is -2.50. The van der Waals surface area contributed by atoms with Crippen molar-refractivity contribution in [2.24, 2.45) is 11.7 Å². The minimum atomic E-state index is -3.64. The Morgan fingerprint density at radius 3 is 2.22 bits per heavy atom. The Kier molecular flexibility index (Phi) is 12.7. The number of hydrogen-bond acceptors (Lipinski definition) is 11. The second kappa shape index (κ2) is 16.6. The van der Waals surface area contributed by atoms with Gasteiger partial charge in [-0.2, -0.15) is 4.98 Å². The SMILES string of the molecule is COc1cc(S(C)(=O)=O)ccc1N(C(=O)OCOC(=O)[C@](C)(N)C(C)C)c1nc2ccc(-c3ccc(NC(=O)[C@H](C)c4ccc(F)cc4)cc3)cn2n1.Cl. The number of nitrogens with two attached hydrogens (primary N) is 1. The molecule has 54 heavy (non-hydrogen) atoms. The van der Waals surface area contributed by atoms with E-state index in [4.69, 9.17) is 19.9 Å². The van der Waals surface area contributed by atoms with Crippen LogP contribution in [-0.2, 0) is 28.9 Å². The number of sulfone groups is 1. The van der Waals surface area contributed by atoms with Crippen LogP contribution in [0.5, 0.6) is 5.75 Å². The number of hydrogen-bond donors (Lipinski definition) is 2. The predicted octanol–water partition coefficient (Wildman–Crippen LogP) is 6.26. The fraction of sp³-hybridized carbons (Fsp3) is 0.270. The maximum absolute atomic E-state index is 13.6. The highest BCUT2D eigenvalue weighted by Gasteiger charge is 2.35. The van der Waals surface area contributed by atoms with Crippen LogP contribution in [0.3, 0.4) is 0 Å². The lowest BCUT2D eigenvalue weighted by molar-refractivity contribution is -0.159. The van der Waals surface area contributed by atoms with Gasteiger partial charge in [0.25, 0.3) is 5.95 Å². The molecule has 2 amide bonds. The fourth-order valence-electron chi connectivity index (χ4n) is 4.99. The summed E-state index contributed by atoms with van der Waals surface area (Å²) in [6.07, 6.45) is 1.65. The van der Waals surface area contributed by atoms with Gasteiger partial charge in [-0.3, -0.25) is 4.79 Å². The van der Waals surface area contributed by atoms with E-state index in [9.17, 15) is 27.2 Å². The quantitative estimate of drug-likeness (QED) is 0.108. The molecule has 5 rings (SSSR count). The van der Waals surface area contributed by atoms with Gasteiger partial charge in [0.1, 0.15) is 17.1 Å². The molecular formula is C37H40ClFN6O8S. The van der Waals surface area contributed by atoms with Crippen molar-refractivity contribution in [2.75, 3.05) is 30.4 Å². The van der Waals surface area contributed by atoms with E-state index < -0.39 is 40.1 Å². The van der Waals surface area contributed by atoms with Crippen molar-refractivity contribution in [3.63, 3.8) is 0 Å². The maximum Gasteiger partial charge on any atom is 0.424 e. The van der Waals surface area contributed by atoms with Crippen LogP contribution < -0.4 is 20.7 Å². The number of esters is 1. The third-order valence-corrected chi connectivity index (χ3v) is 9.89. The van der Waals surface area contributed by atoms with Crippen molar-refractivity contribution in [3.05, 3.63) is 96.4 Å². The normalized spacial score (nSPS) is 13.0. The van der Waals surface area contributed by atoms with E-state index >= 15 is 0 Å². The zero-order chi connectivity index (χ0) is 38.7. The molecule has 14 nitrogen and oxygen atoms in total. The van der Waals surface area contributed by atoms with Gasteiger partial charge < -0.3 is 25.3 Å². The second-order valence-corrected chi connectivity index (χ2v) is 14.8. The first kappa shape index (κ1) is 41.2. The van der Waals surface area contributed by atoms with Crippen LogP contribution in [0.4, 0.5) is 26.5 Å². The van der Waals surface area contributed by atoms with Gasteiger partial charge in [0.05, 0.1) is 23.6 Å². The van der Waals surface area contributed by atoms with Gasteiger partial charge in [0.15, 0.2) is 15.5 Å². The average molecular weight is 783 g/mol. The van der Waals surface area contributed by atoms with Crippen LogP contribution in [0, 0.1) is 11.7 Å². The molecule has 5 aromatic rings. The molecule has 3 aromatic carbocycles. The number of halogens is 2. The molecule has 17 heteroatoms. The van der Waals surface area contributed by atoms with Crippen LogP contribution in [0.1, 0.15) is 39.2 Å². The molecule has 286 valence electrons. The maximum atomic E-state index is 13.6. The first-order chi connectivity index (χ1) is 25.0. The van der Waals surface area contributed by atoms with Crippen molar-refractivity contribution in [1.29, 1.82) is 0 Å². The lowest BCUT2D eigenvalue weighted by Gasteiger charge is -2.26. The van der Waals surface area contributed by atoms with Crippen molar-refractivity contribution in [1.82, 2.24) is 14.6 Å². The number of benzene rings is 3. The highest BCUT2D eigenvalue weighted by molar-refractivity contribution is 7.90. The molecule has 2 heterocycles. The van der Waals surface area contributed by atoms with Gasteiger partial charge in [-0.15, -0.1) is 17.5 Å². The monoisotopic (exact) mass is 782 g/mol. The number of carbonyl (C=O) groups is 3. The first-order valence-electron chi connectivity index (χ1n) is 16.3. The minimum absolute atomic E-state index is 0. The molecule has 0 saturated carbocycles. The third kappa shape index (κ3) is 9.13. The van der Waals surface area contributed by atoms with Gasteiger partial charge in [-0.05, 0) is 79.4 Å². The Morgan fingerprint density at radius 2 is 1.61 bits per heavy atom. The van der Waals surface area contributed by atoms with Gasteiger partial charge in [-0.1, -0.05) is 38.1 Å². The summed E-state index contributed by atoms with van der Waals surface area (Å²) in [6.45, 7) is 5.95. The smallest absolute Gasteiger partial charge is 0.424 e. The molecule has 0 aliphatic carbocycles. The Hall–Kier alpha value is -5.58. The Morgan fingerprint density at radius 1 is 0.963 bits per heavy atom. The number of ether oxygens (including phenoxy) is 3. The summed E-state index contributed by atoms with van der Waals surface area (Å²) in [4.78, 5) is 44.4. The number of anilines is 3. The summed E-state index contributed by atoms with van der Waals surface area (Å²) in [7, 11) is -2.33. The molecule has 2 aromatic heterocycles. The van der Waals surface area contributed by atoms with Gasteiger partial charge in [-0.25, -0.2) is 31.8 Å². The van der Waals surface area contributed by atoms with Crippen LogP contribution in [-0.4, -0.2) is 66.7 Å². The summed E-state index contributed by atoms with van der Waals surface area (Å²) in [5, 5.41) is 7.38. The van der Waals surface area contributed by atoms with E-state index in [1.54, 1.807) is 63.4 Å². The van der Waals surface area contributed by atoms with E-state index in [2.05, 4.69) is 15.4 Å². The standard InChI is InChI=1S/C37H39FN6O8S.ClH/c1-22(2)37(4,39)34(46)51-21-52-36(47)44(30-17-16-29(53(6,48)49)19-31(30)50-5)35-41-32-18-11-26(20-43(32)42-35)25-9-14-28(15-10-25)40-33(45)23(3)24-7-12-27(38)13-8-24;/h7-20,22-23H,21,39H2,1-6H3,(H,40,45);1H/t23-,37-;/m1./s1. The summed E-state index contributed by atoms with van der Waals surface area (Å²) in [6, 6.07) is 20.2. The number of pyridine rings is 1. The number of rotatable bonds is 12. The molecule has 0 saturated heterocycles. The van der Waals surface area contributed by atoms with Crippen molar-refractivity contribution in [2.45, 2.75) is 44.0 Å². The topological polar surface area (TPSA) is 185 Å². The number of carbonyl (C=O) groups excluding carboxylic acids is 3. The molecule has 0 aliphatic heterocycles. The molecular weight excluding hydrogens is 743 g/mol. The van der Waals surface area contributed by atoms with Crippen LogP contribution >= 0.6 is 12.4 Å². The molecule has 3 N–H and O–H groups in total. The zero-order valence-electron chi connectivity index (χ0n) is 30.3. The molecule has 0 unspecified atom stereocenters. The van der Waals surface area contributed by atoms with Crippen molar-refractivity contribution in [3.8, 4) is 16.9 Å². The van der Waals surface area contributed by atoms with E-state index in [0.717, 1.165) is 22.3 Å². The minimum Gasteiger partial charge on any atom is -0.495 e. The molecule has 0 fully saturated rings. The predicted molar refractivity (Wildman–Crippen MR) is 202 cm³/mol. The summed E-state index contributed by atoms with van der Waals surface area (Å²) < 4.78 is 55.2. The highest BCUT2D eigenvalue weighted by Crippen LogP contribution is 2.35. The number of methoxy groups -OCH3 is 1. The van der Waals surface area contributed by atoms with E-state index in [1.165, 1.54) is 48.9 Å². The Balaban J connectivity index is 0.00000650. The van der Waals surface area contributed by atoms with E-state index in [-0.39, 0.29) is 52.3 Å². The lowest BCUT2D eigenvalue weighted by atomic mass is 9.90. The van der Waals surface area contributed by atoms with E-state index in [0.29, 0.717) is 16.9 Å². The molecule has 0 bridgehead atoms. The van der Waals surface area contributed by atoms with Crippen molar-refractivity contribution >= 4 is 63.2 Å². The first-order valence-corrected chi connectivity index (χ1v) is 18.2. The molecule has 0 spiro atoms. The number of amides is 2. The number of nitrogens with one attached hydrogen (secondary N) is 1. The number of fused-ring (bicyclic) bond motifs is 1. The van der Waals surface area contributed by atoms with Crippen LogP contribution in [0.2, 0.25) is 0 Å². The Labute approximate surface area is 317 Å². The fourth-order valence-corrected chi connectivity index (χ4v) is 5.62. The van der Waals surface area contributed by atoms with Crippen LogP contribution in [0.15, 0.2) is 90.0 Å². The highest BCUT2D eigenvalue weighted by atomic mass is 35.5. The average Bonchev–Trinajstić information content (AvgIpc) is 3.54. The third-order valence-electron chi connectivity index (χ3n) is 8.78. The summed E-state index contributed by atoms with van der Waals surface area (Å²) in [5.41, 5.74) is 7.86. The number of nitrogens with zero attached hydrogens (tertiary/aromatic N) is 4. The molecule has 0 aliphatic rings. The van der Waals surface area contributed by atoms with E-state index in [1.807, 2.05) is 12.1 Å². The number of aromatic nitrogens is 3. The van der Waals surface area contributed by atoms with Crippen LogP contribution in [0.25, 0.3) is 16.8 Å². The Bertz CT molecular complexity index is 2260. The zero-order valence-corrected chi connectivity index (χ0v) is 31.9. The van der Waals surface area contributed by atoms with Crippen molar-refractivity contribution < 1.29 is 41.4 Å². The van der Waals surface area contributed by atoms with Gasteiger partial charge in [0.2, 0.25) is 12.7 Å². The molecule has 0 radical (unpaired) electrons.